The molecule has 1 aliphatic heterocycles. The molecule has 2 aliphatic rings. The molecule has 158 valence electrons. The van der Waals surface area contributed by atoms with Crippen LogP contribution in [-0.2, 0) is 9.59 Å². The molecule has 1 aliphatic carbocycles. The Morgan fingerprint density at radius 1 is 1.00 bits per heavy atom. The van der Waals surface area contributed by atoms with Gasteiger partial charge in [0, 0.05) is 37.7 Å². The fraction of sp³-hybridized carbons (Fsp3) is 0.591. The van der Waals surface area contributed by atoms with Gasteiger partial charge in [-0.1, -0.05) is 37.0 Å². The molecule has 7 nitrogen and oxygen atoms in total. The van der Waals surface area contributed by atoms with Crippen molar-refractivity contribution in [2.75, 3.05) is 26.2 Å². The van der Waals surface area contributed by atoms with E-state index in [4.69, 9.17) is 5.73 Å². The van der Waals surface area contributed by atoms with E-state index < -0.39 is 6.17 Å². The van der Waals surface area contributed by atoms with Crippen molar-refractivity contribution in [3.05, 3.63) is 35.4 Å². The summed E-state index contributed by atoms with van der Waals surface area (Å²) in [5.74, 6) is -0.610. The molecule has 1 atom stereocenters. The Labute approximate surface area is 172 Å². The SMILES string of the molecule is Cc1ccc(C(=O)N2CCCN(C(=O)C3CCCCC3)C2C(=O)NCCN)cc1. The quantitative estimate of drug-likeness (QED) is 0.786. The smallest absolute Gasteiger partial charge is 0.263 e. The van der Waals surface area contributed by atoms with E-state index >= 15 is 0 Å². The van der Waals surface area contributed by atoms with Gasteiger partial charge >= 0.3 is 0 Å². The van der Waals surface area contributed by atoms with Crippen molar-refractivity contribution in [3.63, 3.8) is 0 Å². The van der Waals surface area contributed by atoms with E-state index in [9.17, 15) is 14.4 Å². The second-order valence-corrected chi connectivity index (χ2v) is 8.04. The maximum absolute atomic E-state index is 13.3. The molecule has 29 heavy (non-hydrogen) atoms. The topological polar surface area (TPSA) is 95.7 Å². The lowest BCUT2D eigenvalue weighted by atomic mass is 9.88. The van der Waals surface area contributed by atoms with Crippen LogP contribution < -0.4 is 11.1 Å². The Hall–Kier alpha value is -2.41. The molecule has 2 fully saturated rings. The van der Waals surface area contributed by atoms with E-state index in [-0.39, 0.29) is 23.6 Å². The number of hydrogen-bond donors (Lipinski definition) is 2. The molecule has 0 bridgehead atoms. The summed E-state index contributed by atoms with van der Waals surface area (Å²) in [4.78, 5) is 42.7. The summed E-state index contributed by atoms with van der Waals surface area (Å²) in [6, 6.07) is 7.31. The highest BCUT2D eigenvalue weighted by Gasteiger charge is 2.42. The maximum atomic E-state index is 13.3. The summed E-state index contributed by atoms with van der Waals surface area (Å²) in [5.41, 5.74) is 7.13. The number of amides is 3. The van der Waals surface area contributed by atoms with Crippen LogP contribution in [-0.4, -0.2) is 59.9 Å². The molecular formula is C22H32N4O3. The Morgan fingerprint density at radius 3 is 2.31 bits per heavy atom. The zero-order chi connectivity index (χ0) is 20.8. The van der Waals surface area contributed by atoms with E-state index in [2.05, 4.69) is 5.32 Å². The highest BCUT2D eigenvalue weighted by Crippen LogP contribution is 2.28. The zero-order valence-corrected chi connectivity index (χ0v) is 17.2. The summed E-state index contributed by atoms with van der Waals surface area (Å²) >= 11 is 0. The first-order chi connectivity index (χ1) is 14.0. The molecule has 0 spiro atoms. The molecule has 3 rings (SSSR count). The summed E-state index contributed by atoms with van der Waals surface area (Å²) in [7, 11) is 0. The Morgan fingerprint density at radius 2 is 1.66 bits per heavy atom. The van der Waals surface area contributed by atoms with Gasteiger partial charge in [0.15, 0.2) is 6.17 Å². The first-order valence-corrected chi connectivity index (χ1v) is 10.7. The van der Waals surface area contributed by atoms with Crippen molar-refractivity contribution in [1.29, 1.82) is 0 Å². The largest absolute Gasteiger partial charge is 0.351 e. The molecule has 3 amide bonds. The average molecular weight is 401 g/mol. The molecule has 1 aromatic carbocycles. The number of hydrogen-bond acceptors (Lipinski definition) is 4. The number of nitrogens with two attached hydrogens (primary N) is 1. The van der Waals surface area contributed by atoms with Crippen LogP contribution in [0.3, 0.4) is 0 Å². The van der Waals surface area contributed by atoms with E-state index in [1.165, 1.54) is 0 Å². The third-order valence-electron chi connectivity index (χ3n) is 5.86. The van der Waals surface area contributed by atoms with Crippen LogP contribution >= 0.6 is 0 Å². The standard InChI is InChI=1S/C22H32N4O3/c1-16-8-10-18(11-9-16)22(29)26-15-5-14-25(20(26)19(27)24-13-12-23)21(28)17-6-3-2-4-7-17/h8-11,17,20H,2-7,12-15,23H2,1H3,(H,24,27). The molecule has 7 heteroatoms. The van der Waals surface area contributed by atoms with Crippen LogP contribution in [0, 0.1) is 12.8 Å². The molecule has 3 N–H and O–H groups in total. The van der Waals surface area contributed by atoms with Crippen LogP contribution in [0.2, 0.25) is 0 Å². The lowest BCUT2D eigenvalue weighted by Gasteiger charge is -2.44. The second kappa shape index (κ2) is 9.87. The molecule has 1 heterocycles. The minimum Gasteiger partial charge on any atom is -0.351 e. The van der Waals surface area contributed by atoms with Crippen molar-refractivity contribution < 1.29 is 14.4 Å². The van der Waals surface area contributed by atoms with Crippen molar-refractivity contribution in [3.8, 4) is 0 Å². The van der Waals surface area contributed by atoms with Gasteiger partial charge in [-0.2, -0.15) is 0 Å². The molecule has 1 saturated heterocycles. The average Bonchev–Trinajstić information content (AvgIpc) is 2.77. The van der Waals surface area contributed by atoms with E-state index in [0.29, 0.717) is 38.2 Å². The monoisotopic (exact) mass is 400 g/mol. The Bertz CT molecular complexity index is 728. The number of rotatable bonds is 5. The number of carbonyl (C=O) groups is 3. The highest BCUT2D eigenvalue weighted by atomic mass is 16.2. The zero-order valence-electron chi connectivity index (χ0n) is 17.2. The Kier molecular flexibility index (Phi) is 7.25. The van der Waals surface area contributed by atoms with Gasteiger partial charge in [0.1, 0.15) is 0 Å². The van der Waals surface area contributed by atoms with Gasteiger partial charge in [0.2, 0.25) is 5.91 Å². The molecule has 1 unspecified atom stereocenters. The molecule has 1 aromatic rings. The van der Waals surface area contributed by atoms with Crippen LogP contribution in [0.25, 0.3) is 0 Å². The van der Waals surface area contributed by atoms with Crippen LogP contribution in [0.4, 0.5) is 0 Å². The molecule has 0 aromatic heterocycles. The van der Waals surface area contributed by atoms with Gasteiger partial charge in [0.05, 0.1) is 0 Å². The van der Waals surface area contributed by atoms with Crippen molar-refractivity contribution >= 4 is 17.7 Å². The minimum atomic E-state index is -0.918. The van der Waals surface area contributed by atoms with Crippen LogP contribution in [0.5, 0.6) is 0 Å². The first-order valence-electron chi connectivity index (χ1n) is 10.7. The maximum Gasteiger partial charge on any atom is 0.263 e. The lowest BCUT2D eigenvalue weighted by Crippen LogP contribution is -2.64. The van der Waals surface area contributed by atoms with Crippen molar-refractivity contribution in [2.24, 2.45) is 11.7 Å². The molecular weight excluding hydrogens is 368 g/mol. The lowest BCUT2D eigenvalue weighted by molar-refractivity contribution is -0.152. The predicted molar refractivity (Wildman–Crippen MR) is 111 cm³/mol. The van der Waals surface area contributed by atoms with Gasteiger partial charge in [-0.15, -0.1) is 0 Å². The van der Waals surface area contributed by atoms with Gasteiger partial charge < -0.3 is 20.9 Å². The number of nitrogens with one attached hydrogen (secondary N) is 1. The van der Waals surface area contributed by atoms with Gasteiger partial charge in [-0.25, -0.2) is 0 Å². The second-order valence-electron chi connectivity index (χ2n) is 8.04. The van der Waals surface area contributed by atoms with Crippen LogP contribution in [0.1, 0.15) is 54.4 Å². The number of carbonyl (C=O) groups excluding carboxylic acids is 3. The number of benzene rings is 1. The summed E-state index contributed by atoms with van der Waals surface area (Å²) in [6.07, 6.45) is 4.70. The molecule has 1 saturated carbocycles. The first kappa shape index (κ1) is 21.3. The fourth-order valence-electron chi connectivity index (χ4n) is 4.28. The summed E-state index contributed by atoms with van der Waals surface area (Å²) in [6.45, 7) is 3.52. The predicted octanol–water partition coefficient (Wildman–Crippen LogP) is 1.65. The Balaban J connectivity index is 1.86. The minimum absolute atomic E-state index is 0.000922. The summed E-state index contributed by atoms with van der Waals surface area (Å²) < 4.78 is 0. The van der Waals surface area contributed by atoms with E-state index in [0.717, 1.165) is 37.7 Å². The number of aryl methyl sites for hydroxylation is 1. The summed E-state index contributed by atoms with van der Waals surface area (Å²) in [5, 5.41) is 2.78. The third-order valence-corrected chi connectivity index (χ3v) is 5.86. The van der Waals surface area contributed by atoms with Crippen molar-refractivity contribution in [1.82, 2.24) is 15.1 Å². The molecule has 0 radical (unpaired) electrons. The van der Waals surface area contributed by atoms with E-state index in [1.807, 2.05) is 19.1 Å². The third kappa shape index (κ3) is 4.96. The fourth-order valence-corrected chi connectivity index (χ4v) is 4.28. The van der Waals surface area contributed by atoms with Crippen molar-refractivity contribution in [2.45, 2.75) is 51.6 Å². The van der Waals surface area contributed by atoms with Gasteiger partial charge in [-0.05, 0) is 38.3 Å². The van der Waals surface area contributed by atoms with Crippen LogP contribution in [0.15, 0.2) is 24.3 Å². The van der Waals surface area contributed by atoms with Gasteiger partial charge in [-0.3, -0.25) is 14.4 Å². The number of nitrogens with zero attached hydrogens (tertiary/aromatic N) is 2. The van der Waals surface area contributed by atoms with Gasteiger partial charge in [0.25, 0.3) is 11.8 Å². The highest BCUT2D eigenvalue weighted by molar-refractivity contribution is 5.99. The van der Waals surface area contributed by atoms with E-state index in [1.54, 1.807) is 21.9 Å². The normalized spacial score (nSPS) is 20.4.